The molecular formula is C25H25BClF4N3OS. The summed E-state index contributed by atoms with van der Waals surface area (Å²) in [6, 6.07) is 7.95. The zero-order chi connectivity index (χ0) is 26.6. The Morgan fingerprint density at radius 1 is 1.28 bits per heavy atom. The maximum atomic E-state index is 13.4. The maximum Gasteiger partial charge on any atom is 0.123 e. The predicted molar refractivity (Wildman–Crippen MR) is 139 cm³/mol. The summed E-state index contributed by atoms with van der Waals surface area (Å²) in [5.41, 5.74) is 6.16. The molecule has 3 aromatic heterocycles. The first-order valence-electron chi connectivity index (χ1n) is 11.4. The minimum atomic E-state index is -4.60. The fourth-order valence-corrected chi connectivity index (χ4v) is 4.89. The Kier molecular flexibility index (Phi) is 8.95. The number of Topliss-reactive ketones (excluding diaryl/α,β-unsaturated/α-hetero) is 1. The van der Waals surface area contributed by atoms with Crippen LogP contribution in [0.1, 0.15) is 67.3 Å². The van der Waals surface area contributed by atoms with E-state index < -0.39 is 17.5 Å². The fourth-order valence-electron chi connectivity index (χ4n) is 3.99. The molecule has 2 N–H and O–H groups in total. The van der Waals surface area contributed by atoms with Crippen molar-refractivity contribution < 1.29 is 22.4 Å². The molecule has 0 amide bonds. The Labute approximate surface area is 216 Å². The third kappa shape index (κ3) is 6.34. The van der Waals surface area contributed by atoms with Crippen LogP contribution in [0.25, 0.3) is 16.7 Å². The van der Waals surface area contributed by atoms with Crippen LogP contribution in [0.3, 0.4) is 0 Å². The van der Waals surface area contributed by atoms with Crippen LogP contribution in [0.4, 0.5) is 22.7 Å². The molecule has 0 bridgehead atoms. The van der Waals surface area contributed by atoms with Crippen molar-refractivity contribution in [1.29, 1.82) is 0 Å². The van der Waals surface area contributed by atoms with Crippen LogP contribution in [0.5, 0.6) is 0 Å². The quantitative estimate of drug-likeness (QED) is 0.200. The van der Waals surface area contributed by atoms with E-state index in [0.717, 1.165) is 53.5 Å². The molecule has 1 aromatic carbocycles. The van der Waals surface area contributed by atoms with Gasteiger partial charge >= 0.3 is 137 Å². The van der Waals surface area contributed by atoms with Crippen LogP contribution in [0.15, 0.2) is 41.9 Å². The molecule has 1 unspecified atom stereocenters. The van der Waals surface area contributed by atoms with E-state index in [1.54, 1.807) is 17.5 Å². The molecule has 0 radical (unpaired) electrons. The number of hydrogen-bond acceptors (Lipinski definition) is 4. The van der Waals surface area contributed by atoms with Crippen molar-refractivity contribution in [2.24, 2.45) is 0 Å². The molecule has 0 saturated carbocycles. The van der Waals surface area contributed by atoms with Gasteiger partial charge in [-0.2, -0.15) is 0 Å². The third-order valence-electron chi connectivity index (χ3n) is 5.77. The number of carbonyl (C=O) groups is 1. The number of halogens is 5. The number of rotatable bonds is 6. The van der Waals surface area contributed by atoms with Gasteiger partial charge in [0.05, 0.1) is 0 Å². The second-order valence-electron chi connectivity index (χ2n) is 8.32. The number of thiazole rings is 1. The number of ketones is 1. The average Bonchev–Trinajstić information content (AvgIpc) is 3.40. The minimum Gasteiger partial charge on any atom is -0.207 e. The van der Waals surface area contributed by atoms with Crippen LogP contribution in [0.2, 0.25) is 5.15 Å². The van der Waals surface area contributed by atoms with Gasteiger partial charge in [-0.15, -0.1) is 0 Å². The minimum absolute atomic E-state index is 0.0344. The van der Waals surface area contributed by atoms with Gasteiger partial charge in [-0.05, 0) is 36.5 Å². The topological polar surface area (TPSA) is 60.4 Å². The van der Waals surface area contributed by atoms with Crippen molar-refractivity contribution in [2.75, 3.05) is 5.73 Å². The van der Waals surface area contributed by atoms with Crippen molar-refractivity contribution in [2.45, 2.75) is 52.1 Å². The molecule has 11 heteroatoms. The van der Waals surface area contributed by atoms with Crippen LogP contribution in [-0.2, 0) is 6.18 Å². The van der Waals surface area contributed by atoms with Crippen LogP contribution in [0, 0.1) is 5.82 Å². The molecule has 190 valence electrons. The number of alkyl halides is 3. The Bertz CT molecular complexity index is 1370. The summed E-state index contributed by atoms with van der Waals surface area (Å²) in [6.45, 7) is 6.72. The molecule has 0 aliphatic heterocycles. The summed E-state index contributed by atoms with van der Waals surface area (Å²) in [5.74, 6) is -0.000898. The number of carbonyl (C=O) groups excluding carboxylic acids is 1. The maximum absolute atomic E-state index is 13.4. The van der Waals surface area contributed by atoms with Gasteiger partial charge in [0.25, 0.3) is 0 Å². The molecule has 3 heterocycles. The molecule has 4 nitrogen and oxygen atoms in total. The number of aromatic nitrogens is 2. The largest absolute Gasteiger partial charge is 0.207 e. The van der Waals surface area contributed by atoms with Gasteiger partial charge in [-0.1, -0.05) is 32.4 Å². The number of hydrogen-bond donors (Lipinski definition) is 1. The molecule has 4 rings (SSSR count). The van der Waals surface area contributed by atoms with E-state index in [1.165, 1.54) is 19.2 Å². The van der Waals surface area contributed by atoms with Gasteiger partial charge in [0.15, 0.2) is 0 Å². The van der Waals surface area contributed by atoms with Gasteiger partial charge in [0.2, 0.25) is 0 Å². The van der Waals surface area contributed by atoms with Crippen LogP contribution in [-0.4, -0.2) is 22.1 Å². The Morgan fingerprint density at radius 2 is 2.00 bits per heavy atom. The molecular weight excluding hydrogens is 513 g/mol. The van der Waals surface area contributed by atoms with Crippen LogP contribution >= 0.6 is 22.9 Å². The number of nitrogen functional groups attached to an aromatic ring is 1. The summed E-state index contributed by atoms with van der Waals surface area (Å²) < 4.78 is 54.2. The molecule has 36 heavy (non-hydrogen) atoms. The standard InChI is InChI=1S/C13H8BClF3N3OS.C12H17F/c1-5(22)9-11(15)21-3-6(8-4-23-12(19)20-8)2-7(10(21)14-9)13(16,17)18;1-3-6-10(4-2)11-7-5-8-12(13)9-11/h2-4H,1H3,(H2,19,20);5,7-10H,3-4,6H2,1-2H3. The van der Waals surface area contributed by atoms with Crippen LogP contribution < -0.4 is 5.73 Å². The van der Waals surface area contributed by atoms with E-state index in [2.05, 4.69) is 18.8 Å². The molecule has 4 aromatic rings. The number of benzene rings is 1. The first-order valence-corrected chi connectivity index (χ1v) is 12.6. The fraction of sp³-hybridized carbons (Fsp3) is 0.320. The normalized spacial score (nSPS) is 12.2. The Balaban J connectivity index is 0.000000236. The smallest absolute Gasteiger partial charge is 0.123 e. The monoisotopic (exact) mass is 537 g/mol. The average molecular weight is 538 g/mol. The van der Waals surface area contributed by atoms with Gasteiger partial charge in [-0.25, -0.2) is 4.39 Å². The first kappa shape index (κ1) is 27.9. The summed E-state index contributed by atoms with van der Waals surface area (Å²) in [7, 11) is 0. The Morgan fingerprint density at radius 3 is 2.53 bits per heavy atom. The zero-order valence-electron chi connectivity index (χ0n) is 20.0. The Hall–Kier alpha value is -2.72. The second kappa shape index (κ2) is 11.6. The van der Waals surface area contributed by atoms with Gasteiger partial charge in [0.1, 0.15) is 5.82 Å². The number of nitrogens with zero attached hydrogens (tertiary/aromatic N) is 2. The summed E-state index contributed by atoms with van der Waals surface area (Å²) in [6.07, 6.45) is 0.217. The molecule has 0 saturated heterocycles. The molecule has 0 aliphatic rings. The third-order valence-corrected chi connectivity index (χ3v) is 6.83. The van der Waals surface area contributed by atoms with E-state index in [-0.39, 0.29) is 32.5 Å². The first-order chi connectivity index (χ1) is 17.0. The van der Waals surface area contributed by atoms with E-state index in [4.69, 9.17) is 17.3 Å². The van der Waals surface area contributed by atoms with Crippen molar-refractivity contribution in [3.63, 3.8) is 0 Å². The van der Waals surface area contributed by atoms with Crippen molar-refractivity contribution in [1.82, 2.24) is 9.38 Å². The zero-order valence-corrected chi connectivity index (χ0v) is 21.6. The van der Waals surface area contributed by atoms with Gasteiger partial charge in [0, 0.05) is 0 Å². The molecule has 0 aliphatic carbocycles. The second-order valence-corrected chi connectivity index (χ2v) is 9.57. The summed E-state index contributed by atoms with van der Waals surface area (Å²) >= 11 is 7.19. The van der Waals surface area contributed by atoms with Crippen molar-refractivity contribution in [3.8, 4) is 11.3 Å². The van der Waals surface area contributed by atoms with Crippen molar-refractivity contribution in [3.05, 3.63) is 69.5 Å². The number of fused-ring (bicyclic) bond motifs is 1. The summed E-state index contributed by atoms with van der Waals surface area (Å²) in [5, 5.41) is 1.74. The number of pyridine rings is 1. The van der Waals surface area contributed by atoms with E-state index in [9.17, 15) is 22.4 Å². The number of anilines is 1. The van der Waals surface area contributed by atoms with E-state index in [0.29, 0.717) is 11.6 Å². The summed E-state index contributed by atoms with van der Waals surface area (Å²) in [4.78, 5) is 15.5. The van der Waals surface area contributed by atoms with Gasteiger partial charge in [-0.3, -0.25) is 0 Å². The SMILES string of the molecule is CC(=O)c1bc2c(C(F)(F)F)cc(-c3csc(N)n3)cn2c1Cl.CCCC(CC)c1cccc(F)c1. The van der Waals surface area contributed by atoms with E-state index in [1.807, 2.05) is 6.07 Å². The number of nitrogens with two attached hydrogens (primary N) is 1. The molecule has 0 fully saturated rings. The molecule has 1 atom stereocenters. The van der Waals surface area contributed by atoms with Gasteiger partial charge < -0.3 is 0 Å². The predicted octanol–water partition coefficient (Wildman–Crippen LogP) is 7.98. The van der Waals surface area contributed by atoms with Crippen molar-refractivity contribution >= 4 is 46.2 Å². The van der Waals surface area contributed by atoms with E-state index >= 15 is 0 Å². The molecule has 0 spiro atoms.